The van der Waals surface area contributed by atoms with Gasteiger partial charge in [0.2, 0.25) is 0 Å². The third-order valence-electron chi connectivity index (χ3n) is 4.51. The van der Waals surface area contributed by atoms with Gasteiger partial charge in [-0.2, -0.15) is 0 Å². The summed E-state index contributed by atoms with van der Waals surface area (Å²) in [6.45, 7) is 0. The van der Waals surface area contributed by atoms with E-state index in [2.05, 4.69) is 109 Å². The summed E-state index contributed by atoms with van der Waals surface area (Å²) in [6, 6.07) is 38.0. The zero-order valence-electron chi connectivity index (χ0n) is 13.3. The molecule has 0 amide bonds. The average molecular weight is 522 g/mol. The fourth-order valence-electron chi connectivity index (χ4n) is 3.48. The monoisotopic (exact) mass is 522 g/mol. The third-order valence-corrected chi connectivity index (χ3v) is 26.8. The SMILES string of the molecule is c1cc[c]([Pb]([c]2ccccc2)([c]2ccccc2)[c]2cccs2)cc1. The van der Waals surface area contributed by atoms with Crippen molar-refractivity contribution in [2.45, 2.75) is 0 Å². The summed E-state index contributed by atoms with van der Waals surface area (Å²) < 4.78 is 6.12. The van der Waals surface area contributed by atoms with Crippen molar-refractivity contribution in [2.24, 2.45) is 0 Å². The maximum absolute atomic E-state index is 3.40. The summed E-state index contributed by atoms with van der Waals surface area (Å²) in [5.41, 5.74) is 0. The van der Waals surface area contributed by atoms with E-state index in [9.17, 15) is 0 Å². The van der Waals surface area contributed by atoms with Crippen LogP contribution in [0.25, 0.3) is 0 Å². The molecule has 2 heteroatoms. The van der Waals surface area contributed by atoms with E-state index in [0.717, 1.165) is 0 Å². The fourth-order valence-corrected chi connectivity index (χ4v) is 26.7. The van der Waals surface area contributed by atoms with Crippen LogP contribution in [-0.2, 0) is 0 Å². The molecule has 4 rings (SSSR count). The van der Waals surface area contributed by atoms with Gasteiger partial charge in [0.05, 0.1) is 0 Å². The van der Waals surface area contributed by atoms with E-state index in [1.807, 2.05) is 11.3 Å². The molecule has 0 nitrogen and oxygen atoms in total. The molecule has 3 aromatic carbocycles. The van der Waals surface area contributed by atoms with Gasteiger partial charge in [-0.25, -0.2) is 0 Å². The summed E-state index contributed by atoms with van der Waals surface area (Å²) in [6.07, 6.45) is 0. The summed E-state index contributed by atoms with van der Waals surface area (Å²) in [7, 11) is 0. The van der Waals surface area contributed by atoms with Crippen molar-refractivity contribution in [1.82, 2.24) is 0 Å². The van der Waals surface area contributed by atoms with Crippen molar-refractivity contribution >= 4 is 44.3 Å². The second-order valence-corrected chi connectivity index (χ2v) is 22.8. The van der Waals surface area contributed by atoms with E-state index in [1.165, 1.54) is 9.37 Å². The van der Waals surface area contributed by atoms with E-state index in [4.69, 9.17) is 0 Å². The van der Waals surface area contributed by atoms with Crippen LogP contribution in [0.4, 0.5) is 0 Å². The molecule has 0 N–H and O–H groups in total. The number of hydrogen-bond acceptors (Lipinski definition) is 1. The van der Waals surface area contributed by atoms with Crippen LogP contribution in [0.15, 0.2) is 109 Å². The van der Waals surface area contributed by atoms with Crippen molar-refractivity contribution in [1.29, 1.82) is 0 Å². The van der Waals surface area contributed by atoms with Gasteiger partial charge in [0.25, 0.3) is 0 Å². The Hall–Kier alpha value is -1.72. The summed E-state index contributed by atoms with van der Waals surface area (Å²) in [5, 5.41) is 2.22. The maximum atomic E-state index is 2.35. The summed E-state index contributed by atoms with van der Waals surface area (Å²) >= 11 is -1.49. The van der Waals surface area contributed by atoms with Gasteiger partial charge in [0, 0.05) is 0 Å². The molecule has 0 saturated heterocycles. The molecular formula is C22H18PbS. The van der Waals surface area contributed by atoms with Crippen LogP contribution in [0, 0.1) is 0 Å². The second-order valence-electron chi connectivity index (χ2n) is 5.83. The molecule has 1 heterocycles. The van der Waals surface area contributed by atoms with Crippen LogP contribution in [0.5, 0.6) is 0 Å². The van der Waals surface area contributed by atoms with Gasteiger partial charge in [-0.15, -0.1) is 0 Å². The van der Waals surface area contributed by atoms with Crippen LogP contribution >= 0.6 is 11.3 Å². The van der Waals surface area contributed by atoms with Gasteiger partial charge in [0.15, 0.2) is 0 Å². The van der Waals surface area contributed by atoms with Gasteiger partial charge in [-0.3, -0.25) is 0 Å². The molecule has 0 aliphatic rings. The Bertz CT molecular complexity index is 788. The minimum atomic E-state index is -3.40. The minimum absolute atomic E-state index is 1.52. The number of benzene rings is 3. The normalized spacial score (nSPS) is 11.3. The molecular weight excluding hydrogens is 504 g/mol. The van der Waals surface area contributed by atoms with Gasteiger partial charge in [0.1, 0.15) is 0 Å². The Morgan fingerprint density at radius 2 is 0.875 bits per heavy atom. The molecule has 24 heavy (non-hydrogen) atoms. The van der Waals surface area contributed by atoms with Gasteiger partial charge in [-0.05, 0) is 0 Å². The van der Waals surface area contributed by atoms with Crippen molar-refractivity contribution in [2.75, 3.05) is 0 Å². The Morgan fingerprint density at radius 1 is 0.458 bits per heavy atom. The van der Waals surface area contributed by atoms with Crippen molar-refractivity contribution in [3.63, 3.8) is 0 Å². The number of hydrogen-bond donors (Lipinski definition) is 0. The molecule has 4 aromatic rings. The zero-order valence-corrected chi connectivity index (χ0v) is 18.0. The van der Waals surface area contributed by atoms with Crippen molar-refractivity contribution in [3.05, 3.63) is 109 Å². The van der Waals surface area contributed by atoms with Crippen LogP contribution in [0.2, 0.25) is 0 Å². The first-order valence-corrected chi connectivity index (χ1v) is 16.8. The topological polar surface area (TPSA) is 0 Å². The van der Waals surface area contributed by atoms with Crippen LogP contribution in [0.3, 0.4) is 0 Å². The molecule has 0 aliphatic carbocycles. The van der Waals surface area contributed by atoms with Crippen LogP contribution in [-0.4, -0.2) is 21.2 Å². The van der Waals surface area contributed by atoms with Gasteiger partial charge in [-0.1, -0.05) is 0 Å². The second kappa shape index (κ2) is 7.03. The number of thiophene rings is 1. The molecule has 116 valence electrons. The van der Waals surface area contributed by atoms with Crippen LogP contribution < -0.4 is 11.8 Å². The van der Waals surface area contributed by atoms with E-state index in [-0.39, 0.29) is 0 Å². The van der Waals surface area contributed by atoms with E-state index in [1.54, 1.807) is 2.44 Å². The van der Waals surface area contributed by atoms with Crippen LogP contribution in [0.1, 0.15) is 0 Å². The first kappa shape index (κ1) is 15.8. The first-order valence-electron chi connectivity index (χ1n) is 8.13. The average Bonchev–Trinajstić information content (AvgIpc) is 3.20. The Morgan fingerprint density at radius 3 is 1.21 bits per heavy atom. The predicted molar refractivity (Wildman–Crippen MR) is 108 cm³/mol. The van der Waals surface area contributed by atoms with E-state index < -0.39 is 21.2 Å². The third kappa shape index (κ3) is 2.66. The standard InChI is InChI=1S/3C6H5.C4H3S.Pb/c3*1-2-4-6-5-3-1;1-2-4-5-3-1;/h3*1-5H;1-3H;. The summed E-state index contributed by atoms with van der Waals surface area (Å²) in [4.78, 5) is 0. The molecule has 0 aliphatic heterocycles. The van der Waals surface area contributed by atoms with E-state index in [0.29, 0.717) is 0 Å². The predicted octanol–water partition coefficient (Wildman–Crippen LogP) is 3.13. The zero-order chi connectivity index (χ0) is 16.2. The molecule has 0 saturated carbocycles. The fraction of sp³-hybridized carbons (Fsp3) is 0. The quantitative estimate of drug-likeness (QED) is 0.362. The molecule has 0 atom stereocenters. The molecule has 0 spiro atoms. The molecule has 0 unspecified atom stereocenters. The molecule has 1 aromatic heterocycles. The Labute approximate surface area is 152 Å². The van der Waals surface area contributed by atoms with Gasteiger partial charge < -0.3 is 0 Å². The molecule has 0 bridgehead atoms. The Kier molecular flexibility index (Phi) is 4.63. The van der Waals surface area contributed by atoms with Crippen molar-refractivity contribution < 1.29 is 0 Å². The molecule has 0 radical (unpaired) electrons. The van der Waals surface area contributed by atoms with Crippen molar-refractivity contribution in [3.8, 4) is 0 Å². The van der Waals surface area contributed by atoms with E-state index >= 15 is 0 Å². The molecule has 0 fully saturated rings. The first-order chi connectivity index (χ1) is 11.9. The summed E-state index contributed by atoms with van der Waals surface area (Å²) in [5.74, 6) is 0. The number of rotatable bonds is 4. The van der Waals surface area contributed by atoms with Gasteiger partial charge >= 0.3 is 153 Å². The Balaban J connectivity index is 2.12.